The van der Waals surface area contributed by atoms with Crippen LogP contribution in [0.5, 0.6) is 5.75 Å². The number of amides is 1. The lowest BCUT2D eigenvalue weighted by Crippen LogP contribution is -2.52. The molecule has 1 aliphatic rings. The minimum atomic E-state index is -1.50. The van der Waals surface area contributed by atoms with Crippen LogP contribution in [0.1, 0.15) is 18.4 Å². The number of hydrogen-bond acceptors (Lipinski definition) is 7. The zero-order chi connectivity index (χ0) is 23.6. The molecule has 1 saturated heterocycles. The Morgan fingerprint density at radius 1 is 1.26 bits per heavy atom. The van der Waals surface area contributed by atoms with Crippen molar-refractivity contribution in [2.75, 3.05) is 30.4 Å². The van der Waals surface area contributed by atoms with Crippen molar-refractivity contribution in [3.63, 3.8) is 0 Å². The van der Waals surface area contributed by atoms with Gasteiger partial charge in [-0.1, -0.05) is 29.8 Å². The van der Waals surface area contributed by atoms with Crippen LogP contribution in [0, 0.1) is 6.57 Å². The Morgan fingerprint density at radius 2 is 2.00 bits per heavy atom. The van der Waals surface area contributed by atoms with E-state index >= 15 is 0 Å². The number of carbonyl (C=O) groups excluding carboxylic acids is 1. The Labute approximate surface area is 208 Å². The van der Waals surface area contributed by atoms with Crippen LogP contribution >= 0.6 is 24.0 Å². The highest BCUT2D eigenvalue weighted by Crippen LogP contribution is 2.34. The van der Waals surface area contributed by atoms with Gasteiger partial charge in [0.1, 0.15) is 11.4 Å². The lowest BCUT2D eigenvalue weighted by Gasteiger charge is -2.36. The molecule has 3 aromatic rings. The summed E-state index contributed by atoms with van der Waals surface area (Å²) >= 11 is 6.23. The molecule has 0 atom stereocenters. The van der Waals surface area contributed by atoms with Gasteiger partial charge in [0.05, 0.1) is 18.7 Å². The van der Waals surface area contributed by atoms with Crippen LogP contribution in [0.15, 0.2) is 36.4 Å². The van der Waals surface area contributed by atoms with E-state index in [-0.39, 0.29) is 25.2 Å². The number of nitrogens with one attached hydrogen (secondary N) is 1. The molecule has 178 valence electrons. The van der Waals surface area contributed by atoms with Gasteiger partial charge in [-0.25, -0.2) is 4.85 Å². The van der Waals surface area contributed by atoms with E-state index in [9.17, 15) is 9.90 Å². The molecule has 1 aromatic heterocycles. The number of aromatic nitrogens is 2. The van der Waals surface area contributed by atoms with Gasteiger partial charge in [-0.2, -0.15) is 0 Å². The molecule has 2 heterocycles. The minimum Gasteiger partial charge on any atom is -0.495 e. The summed E-state index contributed by atoms with van der Waals surface area (Å²) < 4.78 is 5.19. The predicted octanol–water partition coefficient (Wildman–Crippen LogP) is 3.69. The molecule has 0 aliphatic carbocycles. The van der Waals surface area contributed by atoms with Gasteiger partial charge in [-0.3, -0.25) is 4.79 Å². The third-order valence-corrected chi connectivity index (χ3v) is 6.19. The van der Waals surface area contributed by atoms with Crippen molar-refractivity contribution >= 4 is 58.0 Å². The highest BCUT2D eigenvalue weighted by molar-refractivity contribution is 6.32. The van der Waals surface area contributed by atoms with Crippen molar-refractivity contribution in [1.82, 2.24) is 10.2 Å². The first kappa shape index (κ1) is 25.3. The zero-order valence-electron chi connectivity index (χ0n) is 18.4. The predicted molar refractivity (Wildman–Crippen MR) is 134 cm³/mol. The summed E-state index contributed by atoms with van der Waals surface area (Å²) in [5.74, 6) is 1.06. The van der Waals surface area contributed by atoms with Crippen LogP contribution in [0.3, 0.4) is 0 Å². The molecule has 2 aromatic carbocycles. The van der Waals surface area contributed by atoms with Gasteiger partial charge < -0.3 is 25.8 Å². The number of piperidine rings is 1. The topological polar surface area (TPSA) is 118 Å². The van der Waals surface area contributed by atoms with Crippen LogP contribution in [0.25, 0.3) is 15.6 Å². The third kappa shape index (κ3) is 4.94. The summed E-state index contributed by atoms with van der Waals surface area (Å²) in [6.45, 7) is 8.65. The van der Waals surface area contributed by atoms with E-state index in [1.54, 1.807) is 25.3 Å². The van der Waals surface area contributed by atoms with Gasteiger partial charge >= 0.3 is 0 Å². The van der Waals surface area contributed by atoms with Gasteiger partial charge in [-0.05, 0) is 23.8 Å². The number of nitrogens with two attached hydrogens (primary N) is 1. The largest absolute Gasteiger partial charge is 0.495 e. The van der Waals surface area contributed by atoms with Crippen molar-refractivity contribution in [3.8, 4) is 5.75 Å². The number of fused-ring (bicyclic) bond motifs is 1. The molecule has 0 saturated carbocycles. The number of hydrogen-bond donors (Lipinski definition) is 3. The zero-order valence-corrected chi connectivity index (χ0v) is 20.0. The van der Waals surface area contributed by atoms with E-state index < -0.39 is 11.5 Å². The maximum absolute atomic E-state index is 11.6. The Kier molecular flexibility index (Phi) is 7.67. The molecule has 1 amide bonds. The maximum atomic E-state index is 11.6. The van der Waals surface area contributed by atoms with Crippen LogP contribution < -0.4 is 20.7 Å². The van der Waals surface area contributed by atoms with E-state index in [0.717, 1.165) is 16.3 Å². The van der Waals surface area contributed by atoms with Crippen molar-refractivity contribution in [1.29, 1.82) is 0 Å². The number of methoxy groups -OCH3 is 1. The lowest BCUT2D eigenvalue weighted by atomic mass is 9.90. The first-order valence-corrected chi connectivity index (χ1v) is 10.7. The fourth-order valence-electron chi connectivity index (χ4n) is 3.90. The summed E-state index contributed by atoms with van der Waals surface area (Å²) in [6.07, 6.45) is 0.424. The average molecular weight is 503 g/mol. The molecule has 0 spiro atoms. The third-order valence-electron chi connectivity index (χ3n) is 5.90. The normalized spacial score (nSPS) is 14.7. The second-order valence-corrected chi connectivity index (χ2v) is 8.33. The summed E-state index contributed by atoms with van der Waals surface area (Å²) in [5, 5.41) is 24.5. The molecule has 11 heteroatoms. The number of benzene rings is 2. The fourth-order valence-corrected chi connectivity index (χ4v) is 4.18. The minimum absolute atomic E-state index is 0. The highest BCUT2D eigenvalue weighted by atomic mass is 35.5. The summed E-state index contributed by atoms with van der Waals surface area (Å²) in [6, 6.07) is 10.9. The molecule has 0 radical (unpaired) electrons. The van der Waals surface area contributed by atoms with Crippen LogP contribution in [0.2, 0.25) is 5.02 Å². The van der Waals surface area contributed by atoms with E-state index in [1.165, 1.54) is 0 Å². The SMILES string of the molecule is Cl.[C-]#[N+]c1ccc2c(N3CCC(O)(C(N)=O)CC3)nnc(NCc3ccc(OC)c(Cl)c3)c2c1. The number of ether oxygens (including phenoxy) is 1. The standard InChI is InChI=1S/C23H23ClN6O3.ClH/c1-26-15-4-5-16-17(12-15)20(27-13-14-3-6-19(33-2)18(24)11-14)28-29-21(16)30-9-7-23(32,8-10-30)22(25)31;/h3-6,11-12,32H,7-10,13H2,2H3,(H2,25,31)(H,27,28);1H. The number of halogens is 2. The molecule has 1 fully saturated rings. The van der Waals surface area contributed by atoms with Crippen LogP contribution in [0.4, 0.5) is 17.3 Å². The Morgan fingerprint density at radius 3 is 2.62 bits per heavy atom. The number of aliphatic hydroxyl groups is 1. The molecule has 34 heavy (non-hydrogen) atoms. The Bertz CT molecular complexity index is 1260. The molecule has 4 rings (SSSR count). The molecular formula is C23H24Cl2N6O3. The number of carbonyl (C=O) groups is 1. The molecule has 1 aliphatic heterocycles. The monoisotopic (exact) mass is 502 g/mol. The molecule has 0 bridgehead atoms. The van der Waals surface area contributed by atoms with Crippen LogP contribution in [-0.4, -0.2) is 47.0 Å². The van der Waals surface area contributed by atoms with Crippen molar-refractivity contribution in [2.45, 2.75) is 25.0 Å². The fraction of sp³-hybridized carbons (Fsp3) is 0.304. The first-order valence-electron chi connectivity index (χ1n) is 10.4. The number of primary amides is 1. The molecule has 9 nitrogen and oxygen atoms in total. The van der Waals surface area contributed by atoms with Gasteiger partial charge in [0.2, 0.25) is 5.91 Å². The quantitative estimate of drug-likeness (QED) is 0.439. The summed E-state index contributed by atoms with van der Waals surface area (Å²) in [7, 11) is 1.56. The van der Waals surface area contributed by atoms with Crippen molar-refractivity contribution in [2.24, 2.45) is 5.73 Å². The van der Waals surface area contributed by atoms with E-state index in [2.05, 4.69) is 20.4 Å². The summed E-state index contributed by atoms with van der Waals surface area (Å²) in [5.41, 5.74) is 5.26. The van der Waals surface area contributed by atoms with Crippen molar-refractivity contribution < 1.29 is 14.6 Å². The second kappa shape index (κ2) is 10.3. The summed E-state index contributed by atoms with van der Waals surface area (Å²) in [4.78, 5) is 17.1. The number of nitrogens with zero attached hydrogens (tertiary/aromatic N) is 4. The van der Waals surface area contributed by atoms with Crippen LogP contribution in [-0.2, 0) is 11.3 Å². The lowest BCUT2D eigenvalue weighted by molar-refractivity contribution is -0.138. The Hall–Kier alpha value is -3.32. The number of anilines is 2. The van der Waals surface area contributed by atoms with Gasteiger partial charge in [0, 0.05) is 43.2 Å². The highest BCUT2D eigenvalue weighted by Gasteiger charge is 2.38. The first-order chi connectivity index (χ1) is 15.8. The molecule has 4 N–H and O–H groups in total. The van der Waals surface area contributed by atoms with Gasteiger partial charge in [0.15, 0.2) is 17.3 Å². The maximum Gasteiger partial charge on any atom is 0.249 e. The van der Waals surface area contributed by atoms with Gasteiger partial charge in [-0.15, -0.1) is 22.6 Å². The van der Waals surface area contributed by atoms with E-state index in [4.69, 9.17) is 28.6 Å². The molecule has 0 unspecified atom stereocenters. The van der Waals surface area contributed by atoms with E-state index in [1.807, 2.05) is 23.1 Å². The number of rotatable bonds is 6. The van der Waals surface area contributed by atoms with Crippen molar-refractivity contribution in [3.05, 3.63) is 58.4 Å². The van der Waals surface area contributed by atoms with E-state index in [0.29, 0.717) is 47.7 Å². The average Bonchev–Trinajstić information content (AvgIpc) is 2.82. The second-order valence-electron chi connectivity index (χ2n) is 7.92. The molecular weight excluding hydrogens is 479 g/mol. The Balaban J connectivity index is 0.00000324. The smallest absolute Gasteiger partial charge is 0.249 e. The van der Waals surface area contributed by atoms with Gasteiger partial charge in [0.25, 0.3) is 0 Å².